The number of nitrogens with zero attached hydrogens (tertiary/aromatic N) is 3. The van der Waals surface area contributed by atoms with Crippen LogP contribution in [0.15, 0.2) is 103 Å². The summed E-state index contributed by atoms with van der Waals surface area (Å²) in [7, 11) is 0. The molecule has 6 rings (SSSR count). The van der Waals surface area contributed by atoms with E-state index in [4.69, 9.17) is 4.98 Å². The molecule has 5 aromatic rings. The van der Waals surface area contributed by atoms with Crippen LogP contribution >= 0.6 is 0 Å². The molecule has 1 aromatic heterocycles. The van der Waals surface area contributed by atoms with E-state index in [-0.39, 0.29) is 5.56 Å². The summed E-state index contributed by atoms with van der Waals surface area (Å²) in [6, 6.07) is 35.9. The highest BCUT2D eigenvalue weighted by molar-refractivity contribution is 5.93. The first-order valence-corrected chi connectivity index (χ1v) is 14.8. The quantitative estimate of drug-likeness (QED) is 0.193. The lowest BCUT2D eigenvalue weighted by Crippen LogP contribution is -2.25. The summed E-state index contributed by atoms with van der Waals surface area (Å²) in [5, 5.41) is 9.59. The van der Waals surface area contributed by atoms with Crippen molar-refractivity contribution < 1.29 is 9.90 Å². The fourth-order valence-electron chi connectivity index (χ4n) is 6.20. The Morgan fingerprint density at radius 3 is 2.20 bits per heavy atom. The highest BCUT2D eigenvalue weighted by Gasteiger charge is 2.23. The van der Waals surface area contributed by atoms with Crippen molar-refractivity contribution in [3.05, 3.63) is 125 Å². The number of carboxylic acid groups (broad SMARTS) is 1. The third-order valence-electron chi connectivity index (χ3n) is 8.28. The molecule has 0 atom stereocenters. The second-order valence-corrected chi connectivity index (χ2v) is 11.2. The normalized spacial score (nSPS) is 14.1. The average molecular weight is 544 g/mol. The SMILES string of the molecule is O=C(O)c1ccc2c(c1)nc(-c1cccc(CN(CCc3ccccc3)Cc3ccccc3)c1)n2C1CCCCC1. The molecule has 0 saturated heterocycles. The van der Waals surface area contributed by atoms with Gasteiger partial charge in [0, 0.05) is 31.2 Å². The Bertz CT molecular complexity index is 1600. The van der Waals surface area contributed by atoms with Crippen LogP contribution in [0.2, 0.25) is 0 Å². The maximum Gasteiger partial charge on any atom is 0.335 e. The van der Waals surface area contributed by atoms with E-state index in [0.29, 0.717) is 6.04 Å². The monoisotopic (exact) mass is 543 g/mol. The topological polar surface area (TPSA) is 58.4 Å². The van der Waals surface area contributed by atoms with Gasteiger partial charge in [-0.2, -0.15) is 0 Å². The molecule has 1 fully saturated rings. The lowest BCUT2D eigenvalue weighted by Gasteiger charge is -2.26. The van der Waals surface area contributed by atoms with Crippen LogP contribution in [-0.2, 0) is 19.5 Å². The standard InChI is InChI=1S/C36H37N3O2/c40-36(41)31-19-20-34-33(24-31)37-35(39(34)32-17-8-3-9-18-32)30-16-10-15-29(23-30)26-38(25-28-13-6-2-7-14-28)22-21-27-11-4-1-5-12-27/h1-2,4-7,10-16,19-20,23-24,32H,3,8-9,17-18,21-22,25-26H2,(H,40,41). The Balaban J connectivity index is 1.32. The van der Waals surface area contributed by atoms with Crippen LogP contribution in [-0.4, -0.2) is 32.1 Å². The molecule has 5 nitrogen and oxygen atoms in total. The van der Waals surface area contributed by atoms with Crippen molar-refractivity contribution in [2.75, 3.05) is 6.54 Å². The van der Waals surface area contributed by atoms with Gasteiger partial charge in [0.1, 0.15) is 5.82 Å². The van der Waals surface area contributed by atoms with E-state index in [9.17, 15) is 9.90 Å². The third kappa shape index (κ3) is 6.41. The van der Waals surface area contributed by atoms with Crippen molar-refractivity contribution in [2.45, 2.75) is 57.7 Å². The number of aromatic nitrogens is 2. The number of fused-ring (bicyclic) bond motifs is 1. The zero-order valence-corrected chi connectivity index (χ0v) is 23.5. The van der Waals surface area contributed by atoms with E-state index >= 15 is 0 Å². The van der Waals surface area contributed by atoms with E-state index < -0.39 is 5.97 Å². The van der Waals surface area contributed by atoms with Crippen LogP contribution in [0.4, 0.5) is 0 Å². The molecule has 0 spiro atoms. The molecule has 0 amide bonds. The summed E-state index contributed by atoms with van der Waals surface area (Å²) in [5.74, 6) is 0.0202. The lowest BCUT2D eigenvalue weighted by atomic mass is 9.94. The molecule has 1 heterocycles. The summed E-state index contributed by atoms with van der Waals surface area (Å²) in [5.41, 5.74) is 7.05. The van der Waals surface area contributed by atoms with Crippen molar-refractivity contribution in [2.24, 2.45) is 0 Å². The van der Waals surface area contributed by atoms with Crippen LogP contribution in [0.5, 0.6) is 0 Å². The predicted molar refractivity (Wildman–Crippen MR) is 165 cm³/mol. The van der Waals surface area contributed by atoms with E-state index in [2.05, 4.69) is 94.4 Å². The second-order valence-electron chi connectivity index (χ2n) is 11.2. The number of rotatable bonds is 10. The number of imidazole rings is 1. The molecule has 208 valence electrons. The summed E-state index contributed by atoms with van der Waals surface area (Å²) in [6.45, 7) is 2.68. The van der Waals surface area contributed by atoms with Crippen molar-refractivity contribution in [3.8, 4) is 11.4 Å². The van der Waals surface area contributed by atoms with Gasteiger partial charge in [-0.3, -0.25) is 4.90 Å². The summed E-state index contributed by atoms with van der Waals surface area (Å²) < 4.78 is 2.39. The number of aromatic carboxylic acids is 1. The van der Waals surface area contributed by atoms with E-state index in [0.717, 1.165) is 61.3 Å². The van der Waals surface area contributed by atoms with Crippen LogP contribution in [0, 0.1) is 0 Å². The first kappa shape index (κ1) is 27.0. The zero-order valence-electron chi connectivity index (χ0n) is 23.5. The minimum absolute atomic E-state index is 0.279. The van der Waals surface area contributed by atoms with Gasteiger partial charge in [-0.05, 0) is 60.2 Å². The number of hydrogen-bond donors (Lipinski definition) is 1. The minimum atomic E-state index is -0.920. The molecule has 0 aliphatic heterocycles. The Morgan fingerprint density at radius 1 is 0.780 bits per heavy atom. The molecule has 4 aromatic carbocycles. The Kier molecular flexibility index (Phi) is 8.24. The van der Waals surface area contributed by atoms with Crippen molar-refractivity contribution in [3.63, 3.8) is 0 Å². The van der Waals surface area contributed by atoms with Crippen LogP contribution in [0.25, 0.3) is 22.4 Å². The van der Waals surface area contributed by atoms with Crippen molar-refractivity contribution >= 4 is 17.0 Å². The van der Waals surface area contributed by atoms with E-state index in [1.54, 1.807) is 12.1 Å². The Labute approximate surface area is 242 Å². The molecular weight excluding hydrogens is 506 g/mol. The average Bonchev–Trinajstić information content (AvgIpc) is 3.40. The highest BCUT2D eigenvalue weighted by atomic mass is 16.4. The number of carbonyl (C=O) groups is 1. The maximum atomic E-state index is 11.7. The first-order chi connectivity index (χ1) is 20.1. The molecular formula is C36H37N3O2. The van der Waals surface area contributed by atoms with Crippen LogP contribution in [0.1, 0.15) is 65.2 Å². The highest BCUT2D eigenvalue weighted by Crippen LogP contribution is 2.36. The third-order valence-corrected chi connectivity index (χ3v) is 8.28. The van der Waals surface area contributed by atoms with Gasteiger partial charge < -0.3 is 9.67 Å². The van der Waals surface area contributed by atoms with Crippen molar-refractivity contribution in [1.82, 2.24) is 14.5 Å². The molecule has 1 N–H and O–H groups in total. The number of benzene rings is 4. The molecule has 0 radical (unpaired) electrons. The summed E-state index contributed by atoms with van der Waals surface area (Å²) in [6.07, 6.45) is 6.96. The fourth-order valence-corrected chi connectivity index (χ4v) is 6.20. The number of carboxylic acids is 1. The summed E-state index contributed by atoms with van der Waals surface area (Å²) >= 11 is 0. The van der Waals surface area contributed by atoms with Gasteiger partial charge in [-0.25, -0.2) is 9.78 Å². The minimum Gasteiger partial charge on any atom is -0.478 e. The van der Waals surface area contributed by atoms with Gasteiger partial charge in [0.25, 0.3) is 0 Å². The van der Waals surface area contributed by atoms with Gasteiger partial charge in [0.15, 0.2) is 0 Å². The molecule has 1 aliphatic carbocycles. The van der Waals surface area contributed by atoms with Crippen LogP contribution < -0.4 is 0 Å². The molecule has 0 bridgehead atoms. The summed E-state index contributed by atoms with van der Waals surface area (Å²) in [4.78, 5) is 19.3. The van der Waals surface area contributed by atoms with Crippen molar-refractivity contribution in [1.29, 1.82) is 0 Å². The lowest BCUT2D eigenvalue weighted by molar-refractivity contribution is 0.0697. The molecule has 0 unspecified atom stereocenters. The molecule has 5 heteroatoms. The second kappa shape index (κ2) is 12.5. The van der Waals surface area contributed by atoms with Gasteiger partial charge >= 0.3 is 5.97 Å². The Morgan fingerprint density at radius 2 is 1.46 bits per heavy atom. The van der Waals surface area contributed by atoms with Gasteiger partial charge in [-0.1, -0.05) is 98.1 Å². The Hall–Kier alpha value is -4.22. The van der Waals surface area contributed by atoms with E-state index in [1.807, 2.05) is 6.07 Å². The maximum absolute atomic E-state index is 11.7. The molecule has 1 saturated carbocycles. The van der Waals surface area contributed by atoms with Gasteiger partial charge in [0.2, 0.25) is 0 Å². The van der Waals surface area contributed by atoms with E-state index in [1.165, 1.54) is 36.0 Å². The number of hydrogen-bond acceptors (Lipinski definition) is 3. The van der Waals surface area contributed by atoms with Gasteiger partial charge in [0.05, 0.1) is 16.6 Å². The predicted octanol–water partition coefficient (Wildman–Crippen LogP) is 8.15. The fraction of sp³-hybridized carbons (Fsp3) is 0.278. The van der Waals surface area contributed by atoms with Crippen LogP contribution in [0.3, 0.4) is 0 Å². The smallest absolute Gasteiger partial charge is 0.335 e. The zero-order chi connectivity index (χ0) is 28.0. The largest absolute Gasteiger partial charge is 0.478 e. The van der Waals surface area contributed by atoms with Gasteiger partial charge in [-0.15, -0.1) is 0 Å². The molecule has 41 heavy (non-hydrogen) atoms. The molecule has 1 aliphatic rings. The first-order valence-electron chi connectivity index (χ1n) is 14.8.